The Morgan fingerprint density at radius 3 is 2.43 bits per heavy atom. The summed E-state index contributed by atoms with van der Waals surface area (Å²) >= 11 is 7.91. The minimum atomic E-state index is -1.14. The van der Waals surface area contributed by atoms with Crippen LogP contribution in [0.15, 0.2) is 54.6 Å². The van der Waals surface area contributed by atoms with Gasteiger partial charge in [-0.1, -0.05) is 48.9 Å². The van der Waals surface area contributed by atoms with Crippen LogP contribution in [-0.2, 0) is 9.53 Å². The van der Waals surface area contributed by atoms with Gasteiger partial charge in [0, 0.05) is 40.7 Å². The van der Waals surface area contributed by atoms with Crippen molar-refractivity contribution in [3.63, 3.8) is 0 Å². The maximum atomic E-state index is 12.7. The number of allylic oxidation sites excluding steroid dienone is 2. The second-order valence-corrected chi connectivity index (χ2v) is 15.9. The van der Waals surface area contributed by atoms with E-state index in [1.807, 2.05) is 58.0 Å². The first kappa shape index (κ1) is 33.8. The van der Waals surface area contributed by atoms with Crippen LogP contribution < -0.4 is 0 Å². The van der Waals surface area contributed by atoms with Gasteiger partial charge >= 0.3 is 5.97 Å². The van der Waals surface area contributed by atoms with Gasteiger partial charge < -0.3 is 19.6 Å². The number of fused-ring (bicyclic) bond motifs is 2. The van der Waals surface area contributed by atoms with E-state index in [1.54, 1.807) is 11.3 Å². The first-order valence-electron chi connectivity index (χ1n) is 16.6. The summed E-state index contributed by atoms with van der Waals surface area (Å²) in [7, 11) is 4.29. The molecule has 8 heteroatoms. The molecule has 0 bridgehead atoms. The van der Waals surface area contributed by atoms with Gasteiger partial charge in [-0.3, -0.25) is 0 Å². The van der Waals surface area contributed by atoms with Crippen LogP contribution in [0.1, 0.15) is 74.8 Å². The lowest BCUT2D eigenvalue weighted by atomic mass is 9.85. The largest absolute Gasteiger partial charge is 0.479 e. The van der Waals surface area contributed by atoms with Gasteiger partial charge in [-0.15, -0.1) is 11.3 Å². The molecule has 47 heavy (non-hydrogen) atoms. The van der Waals surface area contributed by atoms with Crippen molar-refractivity contribution in [2.45, 2.75) is 65.1 Å². The van der Waals surface area contributed by atoms with Gasteiger partial charge in [-0.05, 0) is 126 Å². The highest BCUT2D eigenvalue weighted by Crippen LogP contribution is 2.47. The summed E-state index contributed by atoms with van der Waals surface area (Å²) in [6, 6.07) is 16.4. The highest BCUT2D eigenvalue weighted by Gasteiger charge is 2.33. The van der Waals surface area contributed by atoms with Gasteiger partial charge in [0.2, 0.25) is 0 Å². The molecular weight excluding hydrogens is 626 g/mol. The molecular formula is C39H46ClN3O3S. The van der Waals surface area contributed by atoms with Crippen molar-refractivity contribution in [1.82, 2.24) is 14.8 Å². The molecule has 1 aliphatic carbocycles. The highest BCUT2D eigenvalue weighted by molar-refractivity contribution is 7.22. The zero-order valence-corrected chi connectivity index (χ0v) is 30.1. The van der Waals surface area contributed by atoms with E-state index in [2.05, 4.69) is 55.1 Å². The van der Waals surface area contributed by atoms with Gasteiger partial charge in [-0.2, -0.15) is 0 Å². The number of likely N-dealkylation sites (tertiary alicyclic amines) is 1. The molecule has 0 amide bonds. The van der Waals surface area contributed by atoms with E-state index >= 15 is 0 Å². The summed E-state index contributed by atoms with van der Waals surface area (Å²) in [6.45, 7) is 14.4. The van der Waals surface area contributed by atoms with E-state index in [9.17, 15) is 9.90 Å². The lowest BCUT2D eigenvalue weighted by Gasteiger charge is -2.33. The molecule has 6 rings (SSSR count). The van der Waals surface area contributed by atoms with Gasteiger partial charge in [0.05, 0.1) is 15.8 Å². The van der Waals surface area contributed by atoms with Crippen molar-refractivity contribution in [1.29, 1.82) is 0 Å². The third-order valence-corrected chi connectivity index (χ3v) is 10.8. The maximum absolute atomic E-state index is 12.7. The lowest BCUT2D eigenvalue weighted by molar-refractivity contribution is -0.160. The fourth-order valence-electron chi connectivity index (χ4n) is 7.11. The number of carbonyl (C=O) groups is 1. The van der Waals surface area contributed by atoms with Crippen molar-refractivity contribution in [3.05, 3.63) is 81.9 Å². The molecule has 0 spiro atoms. The Hall–Kier alpha value is -3.07. The number of aryl methyl sites for hydroxylation is 1. The number of aliphatic carboxylic acids is 1. The van der Waals surface area contributed by atoms with Crippen LogP contribution in [0.3, 0.4) is 0 Å². The van der Waals surface area contributed by atoms with Crippen LogP contribution in [0.25, 0.3) is 37.5 Å². The van der Waals surface area contributed by atoms with Crippen molar-refractivity contribution < 1.29 is 14.6 Å². The first-order chi connectivity index (χ1) is 22.3. The Morgan fingerprint density at radius 1 is 1.11 bits per heavy atom. The van der Waals surface area contributed by atoms with E-state index < -0.39 is 17.7 Å². The summed E-state index contributed by atoms with van der Waals surface area (Å²) in [5.41, 5.74) is 8.76. The average Bonchev–Trinajstić information content (AvgIpc) is 3.59. The number of ether oxygens (including phenoxy) is 1. The first-order valence-corrected chi connectivity index (χ1v) is 17.8. The Balaban J connectivity index is 1.40. The van der Waals surface area contributed by atoms with Crippen molar-refractivity contribution in [2.75, 3.05) is 40.3 Å². The van der Waals surface area contributed by atoms with Gasteiger partial charge in [0.25, 0.3) is 0 Å². The summed E-state index contributed by atoms with van der Waals surface area (Å²) in [5.74, 6) is -0.0519. The molecule has 2 atom stereocenters. The van der Waals surface area contributed by atoms with Gasteiger partial charge in [-0.25, -0.2) is 9.78 Å². The number of hydrogen-bond acceptors (Lipinski definition) is 6. The van der Waals surface area contributed by atoms with Crippen molar-refractivity contribution in [2.24, 2.45) is 5.92 Å². The minimum absolute atomic E-state index is 0.397. The number of piperidine rings is 1. The molecule has 1 unspecified atom stereocenters. The molecule has 0 saturated carbocycles. The third kappa shape index (κ3) is 7.20. The summed E-state index contributed by atoms with van der Waals surface area (Å²) < 4.78 is 7.15. The smallest absolute Gasteiger partial charge is 0.337 e. The molecule has 6 nitrogen and oxygen atoms in total. The molecule has 1 aromatic heterocycles. The molecule has 3 aromatic carbocycles. The number of thiazole rings is 1. The summed E-state index contributed by atoms with van der Waals surface area (Å²) in [4.78, 5) is 22.8. The zero-order chi connectivity index (χ0) is 33.6. The third-order valence-electron chi connectivity index (χ3n) is 9.44. The van der Waals surface area contributed by atoms with Crippen molar-refractivity contribution in [3.8, 4) is 21.7 Å². The van der Waals surface area contributed by atoms with E-state index in [-0.39, 0.29) is 0 Å². The maximum Gasteiger partial charge on any atom is 0.337 e. The number of benzene rings is 3. The van der Waals surface area contributed by atoms with Gasteiger partial charge in [0.15, 0.2) is 6.10 Å². The number of likely N-dealkylation sites (N-methyl/N-ethyl adjacent to an activating group) is 1. The molecule has 248 valence electrons. The highest BCUT2D eigenvalue weighted by atomic mass is 35.5. The van der Waals surface area contributed by atoms with Gasteiger partial charge in [0.1, 0.15) is 5.01 Å². The molecule has 2 heterocycles. The fourth-order valence-corrected chi connectivity index (χ4v) is 8.36. The number of rotatable bonds is 9. The topological polar surface area (TPSA) is 65.9 Å². The number of nitrogens with zero attached hydrogens (tertiary/aromatic N) is 3. The van der Waals surface area contributed by atoms with Crippen molar-refractivity contribution >= 4 is 44.7 Å². The van der Waals surface area contributed by atoms with E-state index in [0.29, 0.717) is 22.4 Å². The Bertz CT molecular complexity index is 1810. The monoisotopic (exact) mass is 671 g/mol. The van der Waals surface area contributed by atoms with Crippen LogP contribution >= 0.6 is 22.9 Å². The van der Waals surface area contributed by atoms with Crippen LogP contribution in [0.2, 0.25) is 5.02 Å². The Labute approximate surface area is 288 Å². The summed E-state index contributed by atoms with van der Waals surface area (Å²) in [5, 5.41) is 12.0. The quantitative estimate of drug-likeness (QED) is 0.191. The second kappa shape index (κ2) is 13.4. The fraction of sp³-hybridized carbons (Fsp3) is 0.436. The number of carboxylic acids is 1. The normalized spacial score (nSPS) is 18.1. The zero-order valence-electron chi connectivity index (χ0n) is 28.6. The van der Waals surface area contributed by atoms with Crippen LogP contribution in [0, 0.1) is 12.8 Å². The molecule has 0 radical (unpaired) electrons. The lowest BCUT2D eigenvalue weighted by Crippen LogP contribution is -2.38. The number of aromatic nitrogens is 1. The van der Waals surface area contributed by atoms with E-state index in [4.69, 9.17) is 21.3 Å². The van der Waals surface area contributed by atoms with E-state index in [1.165, 1.54) is 29.5 Å². The SMILES string of the molecule is Cc1cc2nc(-c3ccc4c(c3)C(C3CCN(CCN(C)C)CC3)=CC4C)sc2c(-c2ccc(Cl)cc2)c1[C@H](OC(C)(C)C)C(=O)O. The predicted octanol–water partition coefficient (Wildman–Crippen LogP) is 9.31. The minimum Gasteiger partial charge on any atom is -0.479 e. The Kier molecular flexibility index (Phi) is 9.67. The second-order valence-electron chi connectivity index (χ2n) is 14.4. The molecule has 1 N–H and O–H groups in total. The van der Waals surface area contributed by atoms with Crippen LogP contribution in [-0.4, -0.2) is 71.7 Å². The molecule has 1 aliphatic heterocycles. The van der Waals surface area contributed by atoms with Crippen LogP contribution in [0.4, 0.5) is 0 Å². The molecule has 2 aliphatic rings. The van der Waals surface area contributed by atoms with E-state index in [0.717, 1.165) is 63.7 Å². The van der Waals surface area contributed by atoms with Crippen LogP contribution in [0.5, 0.6) is 0 Å². The number of hydrogen-bond donors (Lipinski definition) is 1. The predicted molar refractivity (Wildman–Crippen MR) is 196 cm³/mol. The summed E-state index contributed by atoms with van der Waals surface area (Å²) in [6.07, 6.45) is 3.72. The average molecular weight is 672 g/mol. The number of halogens is 1. The molecule has 1 saturated heterocycles. The molecule has 4 aromatic rings. The molecule has 1 fully saturated rings. The standard InChI is InChI=1S/C39H46ClN3O3S/c1-23-20-30(25-14-16-43(17-15-25)19-18-42(6)7)31-22-27(10-13-29(23)31)37-41-32-21-24(2)33(35(38(44)45)46-39(3,4)5)34(36(32)47-37)26-8-11-28(40)12-9-26/h8-13,20-23,25,35H,14-19H2,1-7H3,(H,44,45)/t23?,35-/m0/s1. The Morgan fingerprint density at radius 2 is 1.79 bits per heavy atom. The number of carboxylic acid groups (broad SMARTS) is 1.